The summed E-state index contributed by atoms with van der Waals surface area (Å²) in [6, 6.07) is 6.68. The van der Waals surface area contributed by atoms with Crippen molar-refractivity contribution in [1.82, 2.24) is 9.88 Å². The molecule has 2 heterocycles. The van der Waals surface area contributed by atoms with Crippen molar-refractivity contribution in [2.75, 3.05) is 13.1 Å². The predicted octanol–water partition coefficient (Wildman–Crippen LogP) is 3.20. The SMILES string of the molecule is Cc1nc2ccc(CN3CCCC3)cc2s1. The highest BCUT2D eigenvalue weighted by Crippen LogP contribution is 2.23. The van der Waals surface area contributed by atoms with Crippen LogP contribution in [0.4, 0.5) is 0 Å². The van der Waals surface area contributed by atoms with Gasteiger partial charge < -0.3 is 0 Å². The average molecular weight is 232 g/mol. The normalized spacial score (nSPS) is 17.3. The number of aryl methyl sites for hydroxylation is 1. The quantitative estimate of drug-likeness (QED) is 0.790. The van der Waals surface area contributed by atoms with E-state index in [9.17, 15) is 0 Å². The van der Waals surface area contributed by atoms with Gasteiger partial charge in [-0.05, 0) is 50.6 Å². The van der Waals surface area contributed by atoms with Gasteiger partial charge in [0.1, 0.15) is 0 Å². The van der Waals surface area contributed by atoms with E-state index in [4.69, 9.17) is 0 Å². The third kappa shape index (κ3) is 1.97. The lowest BCUT2D eigenvalue weighted by molar-refractivity contribution is 0.331. The summed E-state index contributed by atoms with van der Waals surface area (Å²) in [4.78, 5) is 7.03. The lowest BCUT2D eigenvalue weighted by Gasteiger charge is -2.14. The molecule has 2 aromatic rings. The second-order valence-electron chi connectivity index (χ2n) is 4.52. The number of hydrogen-bond donors (Lipinski definition) is 0. The molecule has 0 saturated carbocycles. The number of likely N-dealkylation sites (tertiary alicyclic amines) is 1. The molecule has 1 fully saturated rings. The number of hydrogen-bond acceptors (Lipinski definition) is 3. The Balaban J connectivity index is 1.86. The standard InChI is InChI=1S/C13H16N2S/c1-10-14-12-5-4-11(8-13(12)16-10)9-15-6-2-3-7-15/h4-5,8H,2-3,6-7,9H2,1H3. The van der Waals surface area contributed by atoms with Gasteiger partial charge in [-0.2, -0.15) is 0 Å². The molecule has 0 aliphatic carbocycles. The van der Waals surface area contributed by atoms with Crippen LogP contribution in [0.15, 0.2) is 18.2 Å². The molecule has 0 amide bonds. The van der Waals surface area contributed by atoms with Gasteiger partial charge in [-0.3, -0.25) is 4.90 Å². The minimum Gasteiger partial charge on any atom is -0.299 e. The molecule has 1 aliphatic rings. The zero-order chi connectivity index (χ0) is 11.0. The number of nitrogens with zero attached hydrogens (tertiary/aromatic N) is 2. The van der Waals surface area contributed by atoms with Crippen molar-refractivity contribution in [2.24, 2.45) is 0 Å². The van der Waals surface area contributed by atoms with E-state index in [2.05, 4.69) is 35.0 Å². The third-order valence-corrected chi connectivity index (χ3v) is 4.10. The van der Waals surface area contributed by atoms with Gasteiger partial charge in [-0.15, -0.1) is 11.3 Å². The Hall–Kier alpha value is -0.930. The summed E-state index contributed by atoms with van der Waals surface area (Å²) in [5, 5.41) is 1.16. The van der Waals surface area contributed by atoms with Gasteiger partial charge >= 0.3 is 0 Å². The summed E-state index contributed by atoms with van der Waals surface area (Å²) in [7, 11) is 0. The van der Waals surface area contributed by atoms with Gasteiger partial charge in [0.25, 0.3) is 0 Å². The van der Waals surface area contributed by atoms with E-state index in [1.807, 2.05) is 0 Å². The van der Waals surface area contributed by atoms with Crippen molar-refractivity contribution in [3.63, 3.8) is 0 Å². The first kappa shape index (κ1) is 10.2. The van der Waals surface area contributed by atoms with Gasteiger partial charge in [0.2, 0.25) is 0 Å². The molecule has 0 atom stereocenters. The lowest BCUT2D eigenvalue weighted by atomic mass is 10.2. The van der Waals surface area contributed by atoms with Crippen LogP contribution in [-0.4, -0.2) is 23.0 Å². The van der Waals surface area contributed by atoms with Crippen LogP contribution < -0.4 is 0 Å². The van der Waals surface area contributed by atoms with Crippen LogP contribution in [0.1, 0.15) is 23.4 Å². The largest absolute Gasteiger partial charge is 0.299 e. The van der Waals surface area contributed by atoms with E-state index in [-0.39, 0.29) is 0 Å². The molecule has 3 rings (SSSR count). The van der Waals surface area contributed by atoms with E-state index in [0.717, 1.165) is 17.1 Å². The number of thiazole rings is 1. The van der Waals surface area contributed by atoms with Crippen LogP contribution in [0, 0.1) is 6.92 Å². The summed E-state index contributed by atoms with van der Waals surface area (Å²) >= 11 is 1.79. The molecule has 16 heavy (non-hydrogen) atoms. The van der Waals surface area contributed by atoms with Crippen molar-refractivity contribution in [1.29, 1.82) is 0 Å². The Morgan fingerprint density at radius 2 is 2.12 bits per heavy atom. The Labute approximate surface area is 99.9 Å². The zero-order valence-corrected chi connectivity index (χ0v) is 10.4. The number of aromatic nitrogens is 1. The smallest absolute Gasteiger partial charge is 0.0907 e. The Kier molecular flexibility index (Phi) is 2.65. The molecule has 84 valence electrons. The van der Waals surface area contributed by atoms with Crippen molar-refractivity contribution >= 4 is 21.6 Å². The molecular weight excluding hydrogens is 216 g/mol. The second kappa shape index (κ2) is 4.15. The molecule has 1 saturated heterocycles. The van der Waals surface area contributed by atoms with E-state index in [1.165, 1.54) is 36.2 Å². The van der Waals surface area contributed by atoms with E-state index in [1.54, 1.807) is 11.3 Å². The van der Waals surface area contributed by atoms with E-state index < -0.39 is 0 Å². The van der Waals surface area contributed by atoms with Crippen LogP contribution in [0.2, 0.25) is 0 Å². The van der Waals surface area contributed by atoms with Crippen LogP contribution in [0.3, 0.4) is 0 Å². The zero-order valence-electron chi connectivity index (χ0n) is 9.57. The Morgan fingerprint density at radius 1 is 1.31 bits per heavy atom. The number of benzene rings is 1. The van der Waals surface area contributed by atoms with E-state index >= 15 is 0 Å². The molecule has 0 bridgehead atoms. The molecule has 0 N–H and O–H groups in total. The van der Waals surface area contributed by atoms with Crippen LogP contribution >= 0.6 is 11.3 Å². The van der Waals surface area contributed by atoms with Crippen molar-refractivity contribution < 1.29 is 0 Å². The minimum absolute atomic E-state index is 1.10. The summed E-state index contributed by atoms with van der Waals surface area (Å²) in [6.07, 6.45) is 2.73. The molecule has 1 aromatic carbocycles. The summed E-state index contributed by atoms with van der Waals surface area (Å²) in [5.74, 6) is 0. The molecular formula is C13H16N2S. The summed E-state index contributed by atoms with van der Waals surface area (Å²) in [5.41, 5.74) is 2.57. The predicted molar refractivity (Wildman–Crippen MR) is 68.9 cm³/mol. The monoisotopic (exact) mass is 232 g/mol. The maximum absolute atomic E-state index is 4.49. The first-order chi connectivity index (χ1) is 7.81. The highest BCUT2D eigenvalue weighted by Gasteiger charge is 2.12. The van der Waals surface area contributed by atoms with Gasteiger partial charge in [0.15, 0.2) is 0 Å². The maximum Gasteiger partial charge on any atom is 0.0907 e. The molecule has 3 heteroatoms. The molecule has 2 nitrogen and oxygen atoms in total. The second-order valence-corrected chi connectivity index (χ2v) is 5.75. The van der Waals surface area contributed by atoms with E-state index in [0.29, 0.717) is 0 Å². The molecule has 0 spiro atoms. The van der Waals surface area contributed by atoms with Crippen molar-refractivity contribution in [3.05, 3.63) is 28.8 Å². The molecule has 0 unspecified atom stereocenters. The van der Waals surface area contributed by atoms with Gasteiger partial charge in [-0.1, -0.05) is 6.07 Å². The summed E-state index contributed by atoms with van der Waals surface area (Å²) in [6.45, 7) is 5.71. The minimum atomic E-state index is 1.10. The van der Waals surface area contributed by atoms with Crippen LogP contribution in [0.25, 0.3) is 10.2 Å². The fourth-order valence-corrected chi connectivity index (χ4v) is 3.27. The van der Waals surface area contributed by atoms with Crippen LogP contribution in [-0.2, 0) is 6.54 Å². The fourth-order valence-electron chi connectivity index (χ4n) is 2.38. The van der Waals surface area contributed by atoms with Gasteiger partial charge in [0, 0.05) is 6.54 Å². The fraction of sp³-hybridized carbons (Fsp3) is 0.462. The topological polar surface area (TPSA) is 16.1 Å². The third-order valence-electron chi connectivity index (χ3n) is 3.16. The molecule has 0 radical (unpaired) electrons. The number of fused-ring (bicyclic) bond motifs is 1. The van der Waals surface area contributed by atoms with Gasteiger partial charge in [0.05, 0.1) is 15.2 Å². The van der Waals surface area contributed by atoms with Gasteiger partial charge in [-0.25, -0.2) is 4.98 Å². The Morgan fingerprint density at radius 3 is 2.94 bits per heavy atom. The first-order valence-corrected chi connectivity index (χ1v) is 6.71. The average Bonchev–Trinajstić information content (AvgIpc) is 2.85. The lowest BCUT2D eigenvalue weighted by Crippen LogP contribution is -2.18. The van der Waals surface area contributed by atoms with Crippen molar-refractivity contribution in [3.8, 4) is 0 Å². The highest BCUT2D eigenvalue weighted by molar-refractivity contribution is 7.18. The Bertz CT molecular complexity index is 498. The van der Waals surface area contributed by atoms with Crippen molar-refractivity contribution in [2.45, 2.75) is 26.3 Å². The molecule has 1 aliphatic heterocycles. The van der Waals surface area contributed by atoms with Crippen LogP contribution in [0.5, 0.6) is 0 Å². The summed E-state index contributed by atoms with van der Waals surface area (Å²) < 4.78 is 1.33. The molecule has 1 aromatic heterocycles. The first-order valence-electron chi connectivity index (χ1n) is 5.90. The number of rotatable bonds is 2. The highest BCUT2D eigenvalue weighted by atomic mass is 32.1. The maximum atomic E-state index is 4.49.